The third kappa shape index (κ3) is 5.44. The number of Topliss-reactive ketones (excluding diaryl/α,β-unsaturated/α-hetero) is 1. The van der Waals surface area contributed by atoms with Crippen molar-refractivity contribution in [2.75, 3.05) is 26.2 Å². The van der Waals surface area contributed by atoms with E-state index in [1.807, 2.05) is 0 Å². The second kappa shape index (κ2) is 10.8. The summed E-state index contributed by atoms with van der Waals surface area (Å²) >= 11 is 4.55. The molecular weight excluding hydrogens is 451 g/mol. The SMILES string of the molecule is COC(=O)C(C)CC(=O)c1cc2c(F)c(OCCCCCBr)c(OC)cc2s1. The monoisotopic (exact) mass is 474 g/mol. The van der Waals surface area contributed by atoms with Gasteiger partial charge in [0.05, 0.1) is 31.6 Å². The van der Waals surface area contributed by atoms with Gasteiger partial charge in [-0.3, -0.25) is 9.59 Å². The van der Waals surface area contributed by atoms with Gasteiger partial charge in [-0.05, 0) is 25.3 Å². The second-order valence-corrected chi connectivity index (χ2v) is 8.27. The number of esters is 1. The molecule has 0 aliphatic rings. The first-order valence-corrected chi connectivity index (χ1v) is 11.0. The Hall–Kier alpha value is -1.67. The maximum Gasteiger partial charge on any atom is 0.308 e. The highest BCUT2D eigenvalue weighted by Crippen LogP contribution is 2.40. The third-order valence-corrected chi connectivity index (χ3v) is 5.98. The third-order valence-electron chi connectivity index (χ3n) is 4.30. The summed E-state index contributed by atoms with van der Waals surface area (Å²) in [5, 5.41) is 1.24. The van der Waals surface area contributed by atoms with Gasteiger partial charge in [0.25, 0.3) is 0 Å². The lowest BCUT2D eigenvalue weighted by molar-refractivity contribution is -0.144. The average molecular weight is 475 g/mol. The van der Waals surface area contributed by atoms with Crippen LogP contribution in [0.2, 0.25) is 0 Å². The van der Waals surface area contributed by atoms with Crippen LogP contribution in [0.25, 0.3) is 10.1 Å². The van der Waals surface area contributed by atoms with Crippen LogP contribution in [-0.4, -0.2) is 37.9 Å². The number of ketones is 1. The fraction of sp³-hybridized carbons (Fsp3) is 0.500. The number of benzene rings is 1. The van der Waals surface area contributed by atoms with Crippen LogP contribution in [0.15, 0.2) is 12.1 Å². The zero-order valence-corrected chi connectivity index (χ0v) is 18.6. The number of hydrogen-bond donors (Lipinski definition) is 0. The number of carbonyl (C=O) groups excluding carboxylic acids is 2. The number of hydrogen-bond acceptors (Lipinski definition) is 6. The molecule has 154 valence electrons. The van der Waals surface area contributed by atoms with Crippen molar-refractivity contribution in [2.45, 2.75) is 32.6 Å². The van der Waals surface area contributed by atoms with Crippen LogP contribution in [0, 0.1) is 11.7 Å². The Labute approximate surface area is 176 Å². The van der Waals surface area contributed by atoms with Crippen molar-refractivity contribution < 1.29 is 28.2 Å². The van der Waals surface area contributed by atoms with E-state index in [0.29, 0.717) is 27.3 Å². The van der Waals surface area contributed by atoms with Crippen LogP contribution in [0.1, 0.15) is 42.3 Å². The van der Waals surface area contributed by atoms with Gasteiger partial charge in [0.1, 0.15) is 0 Å². The summed E-state index contributed by atoms with van der Waals surface area (Å²) in [6.45, 7) is 2.01. The van der Waals surface area contributed by atoms with Crippen LogP contribution in [0.5, 0.6) is 11.5 Å². The molecule has 0 spiro atoms. The molecule has 0 N–H and O–H groups in total. The summed E-state index contributed by atoms with van der Waals surface area (Å²) in [6, 6.07) is 3.19. The quantitative estimate of drug-likeness (QED) is 0.189. The van der Waals surface area contributed by atoms with Crippen LogP contribution in [0.3, 0.4) is 0 Å². The molecule has 0 amide bonds. The highest BCUT2D eigenvalue weighted by atomic mass is 79.9. The van der Waals surface area contributed by atoms with Crippen LogP contribution in [-0.2, 0) is 9.53 Å². The molecule has 8 heteroatoms. The molecule has 1 heterocycles. The topological polar surface area (TPSA) is 61.8 Å². The van der Waals surface area contributed by atoms with Crippen LogP contribution < -0.4 is 9.47 Å². The number of halogens is 2. The van der Waals surface area contributed by atoms with Gasteiger partial charge in [-0.2, -0.15) is 0 Å². The van der Waals surface area contributed by atoms with E-state index in [9.17, 15) is 9.59 Å². The largest absolute Gasteiger partial charge is 0.493 e. The molecule has 0 radical (unpaired) electrons. The van der Waals surface area contributed by atoms with Gasteiger partial charge >= 0.3 is 5.97 Å². The Morgan fingerprint density at radius 1 is 1.21 bits per heavy atom. The molecule has 0 aliphatic heterocycles. The molecule has 0 fully saturated rings. The smallest absolute Gasteiger partial charge is 0.308 e. The van der Waals surface area contributed by atoms with Gasteiger partial charge in [-0.25, -0.2) is 4.39 Å². The van der Waals surface area contributed by atoms with Crippen LogP contribution >= 0.6 is 27.3 Å². The number of carbonyl (C=O) groups is 2. The number of rotatable bonds is 11. The molecule has 1 atom stereocenters. The van der Waals surface area contributed by atoms with Crippen molar-refractivity contribution in [2.24, 2.45) is 5.92 Å². The first-order chi connectivity index (χ1) is 13.4. The minimum absolute atomic E-state index is 0.00910. The standard InChI is InChI=1S/C20H24BrFO5S/c1-12(20(24)26-3)9-14(23)17-10-13-16(28-17)11-15(25-2)19(18(13)22)27-8-6-4-5-7-21/h10-12H,4-9H2,1-3H3. The first-order valence-electron chi connectivity index (χ1n) is 9.02. The minimum Gasteiger partial charge on any atom is -0.493 e. The van der Waals surface area contributed by atoms with E-state index in [1.54, 1.807) is 13.0 Å². The van der Waals surface area contributed by atoms with E-state index in [1.165, 1.54) is 31.6 Å². The molecular formula is C20H24BrFO5S. The summed E-state index contributed by atoms with van der Waals surface area (Å²) in [6.07, 6.45) is 2.83. The Kier molecular flexibility index (Phi) is 8.69. The van der Waals surface area contributed by atoms with E-state index in [-0.39, 0.29) is 18.0 Å². The molecule has 1 aromatic carbocycles. The number of thiophene rings is 1. The number of methoxy groups -OCH3 is 2. The maximum atomic E-state index is 15.0. The predicted octanol–water partition coefficient (Wildman–Crippen LogP) is 5.37. The summed E-state index contributed by atoms with van der Waals surface area (Å²) in [7, 11) is 2.74. The molecule has 5 nitrogen and oxygen atoms in total. The number of unbranched alkanes of at least 4 members (excludes halogenated alkanes) is 2. The summed E-state index contributed by atoms with van der Waals surface area (Å²) in [5.41, 5.74) is 0. The first kappa shape index (κ1) is 22.6. The molecule has 0 saturated carbocycles. The fourth-order valence-corrected chi connectivity index (χ4v) is 4.17. The molecule has 1 unspecified atom stereocenters. The Morgan fingerprint density at radius 2 is 1.96 bits per heavy atom. The minimum atomic E-state index is -0.555. The molecule has 0 saturated heterocycles. The zero-order chi connectivity index (χ0) is 20.7. The Bertz CT molecular complexity index is 836. The van der Waals surface area contributed by atoms with E-state index in [0.717, 1.165) is 24.6 Å². The van der Waals surface area contributed by atoms with E-state index >= 15 is 4.39 Å². The molecule has 28 heavy (non-hydrogen) atoms. The van der Waals surface area contributed by atoms with Gasteiger partial charge in [0, 0.05) is 27.9 Å². The normalized spacial score (nSPS) is 12.0. The Balaban J connectivity index is 2.23. The highest BCUT2D eigenvalue weighted by Gasteiger charge is 2.23. The van der Waals surface area contributed by atoms with E-state index in [4.69, 9.17) is 9.47 Å². The lowest BCUT2D eigenvalue weighted by Gasteiger charge is -2.12. The van der Waals surface area contributed by atoms with Crippen molar-refractivity contribution in [3.8, 4) is 11.5 Å². The Morgan fingerprint density at radius 3 is 2.61 bits per heavy atom. The molecule has 0 aliphatic carbocycles. The van der Waals surface area contributed by atoms with Crippen molar-refractivity contribution >= 4 is 49.1 Å². The fourth-order valence-electron chi connectivity index (χ4n) is 2.73. The molecule has 2 aromatic rings. The molecule has 0 bridgehead atoms. The highest BCUT2D eigenvalue weighted by molar-refractivity contribution is 9.09. The van der Waals surface area contributed by atoms with Crippen molar-refractivity contribution in [3.63, 3.8) is 0 Å². The predicted molar refractivity (Wildman–Crippen MR) is 112 cm³/mol. The number of fused-ring (bicyclic) bond motifs is 1. The van der Waals surface area contributed by atoms with Crippen molar-refractivity contribution in [1.82, 2.24) is 0 Å². The van der Waals surface area contributed by atoms with Crippen LogP contribution in [0.4, 0.5) is 4.39 Å². The lowest BCUT2D eigenvalue weighted by Crippen LogP contribution is -2.16. The van der Waals surface area contributed by atoms with Crippen molar-refractivity contribution in [1.29, 1.82) is 0 Å². The van der Waals surface area contributed by atoms with Gasteiger partial charge in [-0.15, -0.1) is 11.3 Å². The average Bonchev–Trinajstić information content (AvgIpc) is 3.12. The molecule has 1 aromatic heterocycles. The summed E-state index contributed by atoms with van der Waals surface area (Å²) in [4.78, 5) is 24.4. The van der Waals surface area contributed by atoms with E-state index in [2.05, 4.69) is 20.7 Å². The molecule has 2 rings (SSSR count). The summed E-state index contributed by atoms with van der Waals surface area (Å²) in [5.74, 6) is -1.40. The lowest BCUT2D eigenvalue weighted by atomic mass is 10.0. The van der Waals surface area contributed by atoms with Crippen molar-refractivity contribution in [3.05, 3.63) is 22.8 Å². The second-order valence-electron chi connectivity index (χ2n) is 6.39. The van der Waals surface area contributed by atoms with Gasteiger partial charge in [-0.1, -0.05) is 22.9 Å². The number of ether oxygens (including phenoxy) is 3. The zero-order valence-electron chi connectivity index (χ0n) is 16.2. The maximum absolute atomic E-state index is 15.0. The summed E-state index contributed by atoms with van der Waals surface area (Å²) < 4.78 is 31.2. The van der Waals surface area contributed by atoms with Gasteiger partial charge in [0.15, 0.2) is 23.1 Å². The van der Waals surface area contributed by atoms with Gasteiger partial charge in [0.2, 0.25) is 0 Å². The number of alkyl halides is 1. The van der Waals surface area contributed by atoms with E-state index < -0.39 is 17.7 Å². The van der Waals surface area contributed by atoms with Gasteiger partial charge < -0.3 is 14.2 Å².